The first-order valence-electron chi connectivity index (χ1n) is 7.15. The number of imidazole rings is 1. The number of carbonyl (C=O) groups excluding carboxylic acids is 1. The van der Waals surface area contributed by atoms with E-state index in [-0.39, 0.29) is 11.2 Å². The first kappa shape index (κ1) is 17.2. The fraction of sp³-hybridized carbons (Fsp3) is 0.200. The predicted octanol–water partition coefficient (Wildman–Crippen LogP) is 1.38. The van der Waals surface area contributed by atoms with Crippen molar-refractivity contribution < 1.29 is 4.79 Å². The predicted molar refractivity (Wildman–Crippen MR) is 95.3 cm³/mol. The Morgan fingerprint density at radius 1 is 1.24 bits per heavy atom. The van der Waals surface area contributed by atoms with Crippen LogP contribution in [0.3, 0.4) is 0 Å². The number of aryl methyl sites for hydroxylation is 2. The maximum atomic E-state index is 12.6. The van der Waals surface area contributed by atoms with Gasteiger partial charge < -0.3 is 9.88 Å². The Labute approximate surface area is 151 Å². The molecule has 0 spiro atoms. The molecule has 0 saturated carbocycles. The highest BCUT2D eigenvalue weighted by atomic mass is 35.5. The molecular formula is C15H13Cl2N5O3. The smallest absolute Gasteiger partial charge is 0.328 e. The van der Waals surface area contributed by atoms with Crippen molar-refractivity contribution in [2.45, 2.75) is 6.54 Å². The third-order valence-electron chi connectivity index (χ3n) is 3.71. The number of amides is 1. The van der Waals surface area contributed by atoms with E-state index in [0.29, 0.717) is 15.7 Å². The Hall–Kier alpha value is -2.58. The molecule has 0 radical (unpaired) electrons. The highest BCUT2D eigenvalue weighted by Gasteiger charge is 2.17. The van der Waals surface area contributed by atoms with Crippen molar-refractivity contribution in [3.63, 3.8) is 0 Å². The highest BCUT2D eigenvalue weighted by Crippen LogP contribution is 2.25. The molecule has 0 aliphatic rings. The van der Waals surface area contributed by atoms with Crippen LogP contribution in [0, 0.1) is 0 Å². The minimum Gasteiger partial charge on any atom is -0.328 e. The van der Waals surface area contributed by atoms with Crippen molar-refractivity contribution in [3.05, 3.63) is 55.4 Å². The van der Waals surface area contributed by atoms with Crippen molar-refractivity contribution in [2.75, 3.05) is 5.32 Å². The molecule has 10 heteroatoms. The molecule has 25 heavy (non-hydrogen) atoms. The van der Waals surface area contributed by atoms with Gasteiger partial charge in [-0.3, -0.25) is 14.2 Å². The third kappa shape index (κ3) is 3.06. The van der Waals surface area contributed by atoms with Crippen LogP contribution in [0.25, 0.3) is 11.2 Å². The van der Waals surface area contributed by atoms with Crippen molar-refractivity contribution in [2.24, 2.45) is 14.1 Å². The molecule has 0 atom stereocenters. The maximum Gasteiger partial charge on any atom is 0.332 e. The van der Waals surface area contributed by atoms with Crippen LogP contribution in [0.4, 0.5) is 5.69 Å². The normalized spacial score (nSPS) is 11.0. The fourth-order valence-electron chi connectivity index (χ4n) is 2.46. The van der Waals surface area contributed by atoms with Crippen LogP contribution in [0.1, 0.15) is 0 Å². The number of nitrogens with one attached hydrogen (secondary N) is 1. The zero-order valence-corrected chi connectivity index (χ0v) is 14.8. The van der Waals surface area contributed by atoms with Crippen LogP contribution in [0.2, 0.25) is 10.0 Å². The van der Waals surface area contributed by atoms with Gasteiger partial charge in [0, 0.05) is 19.1 Å². The topological polar surface area (TPSA) is 90.9 Å². The summed E-state index contributed by atoms with van der Waals surface area (Å²) in [7, 11) is 3.12. The van der Waals surface area contributed by atoms with Crippen molar-refractivity contribution in [3.8, 4) is 0 Å². The van der Waals surface area contributed by atoms with E-state index in [1.165, 1.54) is 34.6 Å². The minimum atomic E-state index is -0.636. The van der Waals surface area contributed by atoms with E-state index < -0.39 is 23.7 Å². The van der Waals surface area contributed by atoms with Crippen LogP contribution in [-0.2, 0) is 25.4 Å². The molecule has 8 nitrogen and oxygen atoms in total. The van der Waals surface area contributed by atoms with Crippen LogP contribution < -0.4 is 16.6 Å². The average molecular weight is 382 g/mol. The van der Waals surface area contributed by atoms with E-state index in [0.717, 1.165) is 4.57 Å². The number of aromatic nitrogens is 4. The van der Waals surface area contributed by atoms with Gasteiger partial charge in [-0.25, -0.2) is 14.3 Å². The number of fused-ring (bicyclic) bond motifs is 1. The number of benzene rings is 1. The van der Waals surface area contributed by atoms with Gasteiger partial charge in [-0.1, -0.05) is 23.2 Å². The molecule has 0 saturated heterocycles. The standard InChI is InChI=1S/C15H13Cl2N5O3/c1-20-7-18-13-12(20)14(24)22(15(25)21(13)2)6-11(23)19-10-5-8(16)3-4-9(10)17/h3-5,7H,6H2,1-2H3,(H,19,23). The molecular weight excluding hydrogens is 369 g/mol. The molecule has 3 rings (SSSR count). The zero-order chi connectivity index (χ0) is 18.3. The fourth-order valence-corrected chi connectivity index (χ4v) is 2.80. The number of hydrogen-bond donors (Lipinski definition) is 1. The quantitative estimate of drug-likeness (QED) is 0.741. The number of nitrogens with zero attached hydrogens (tertiary/aromatic N) is 4. The van der Waals surface area contributed by atoms with Gasteiger partial charge in [0.25, 0.3) is 5.56 Å². The molecule has 0 fully saturated rings. The van der Waals surface area contributed by atoms with Crippen molar-refractivity contribution in [1.82, 2.24) is 18.7 Å². The van der Waals surface area contributed by atoms with Crippen molar-refractivity contribution in [1.29, 1.82) is 0 Å². The molecule has 2 heterocycles. The first-order valence-corrected chi connectivity index (χ1v) is 7.91. The van der Waals surface area contributed by atoms with Gasteiger partial charge in [-0.05, 0) is 18.2 Å². The molecule has 130 valence electrons. The number of anilines is 1. The summed E-state index contributed by atoms with van der Waals surface area (Å²) in [4.78, 5) is 41.2. The third-order valence-corrected chi connectivity index (χ3v) is 4.27. The van der Waals surface area contributed by atoms with E-state index in [1.807, 2.05) is 0 Å². The molecule has 0 aliphatic carbocycles. The molecule has 2 aromatic heterocycles. The lowest BCUT2D eigenvalue weighted by molar-refractivity contribution is -0.116. The zero-order valence-electron chi connectivity index (χ0n) is 13.3. The number of hydrogen-bond acceptors (Lipinski definition) is 4. The monoisotopic (exact) mass is 381 g/mol. The summed E-state index contributed by atoms with van der Waals surface area (Å²) in [6.45, 7) is -0.463. The summed E-state index contributed by atoms with van der Waals surface area (Å²) in [6, 6.07) is 4.59. The van der Waals surface area contributed by atoms with E-state index in [4.69, 9.17) is 23.2 Å². The maximum absolute atomic E-state index is 12.6. The summed E-state index contributed by atoms with van der Waals surface area (Å²) in [5.74, 6) is -0.579. The minimum absolute atomic E-state index is 0.232. The lowest BCUT2D eigenvalue weighted by Crippen LogP contribution is -2.42. The molecule has 1 N–H and O–H groups in total. The summed E-state index contributed by atoms with van der Waals surface area (Å²) in [6.07, 6.45) is 1.43. The summed E-state index contributed by atoms with van der Waals surface area (Å²) in [5.41, 5.74) is -0.442. The van der Waals surface area contributed by atoms with Crippen LogP contribution in [0.15, 0.2) is 34.1 Å². The van der Waals surface area contributed by atoms with Gasteiger partial charge in [0.15, 0.2) is 11.2 Å². The van der Waals surface area contributed by atoms with Crippen LogP contribution >= 0.6 is 23.2 Å². The Morgan fingerprint density at radius 3 is 2.68 bits per heavy atom. The second-order valence-electron chi connectivity index (χ2n) is 5.43. The Bertz CT molecular complexity index is 1110. The van der Waals surface area contributed by atoms with E-state index in [9.17, 15) is 14.4 Å². The molecule has 3 aromatic rings. The van der Waals surface area contributed by atoms with E-state index >= 15 is 0 Å². The Balaban J connectivity index is 1.99. The molecule has 0 unspecified atom stereocenters. The SMILES string of the molecule is Cn1cnc2c1c(=O)n(CC(=O)Nc1cc(Cl)ccc1Cl)c(=O)n2C. The molecule has 1 aromatic carbocycles. The van der Waals surface area contributed by atoms with Gasteiger partial charge in [0.1, 0.15) is 6.54 Å². The van der Waals surface area contributed by atoms with Crippen LogP contribution in [0.5, 0.6) is 0 Å². The van der Waals surface area contributed by atoms with Gasteiger partial charge in [-0.15, -0.1) is 0 Å². The average Bonchev–Trinajstić information content (AvgIpc) is 2.95. The molecule has 1 amide bonds. The summed E-state index contributed by atoms with van der Waals surface area (Å²) in [5, 5.41) is 3.23. The van der Waals surface area contributed by atoms with Gasteiger partial charge >= 0.3 is 5.69 Å². The lowest BCUT2D eigenvalue weighted by atomic mass is 10.3. The van der Waals surface area contributed by atoms with Crippen molar-refractivity contribution >= 4 is 46.0 Å². The largest absolute Gasteiger partial charge is 0.332 e. The highest BCUT2D eigenvalue weighted by molar-refractivity contribution is 6.35. The lowest BCUT2D eigenvalue weighted by Gasteiger charge is -2.10. The van der Waals surface area contributed by atoms with Crippen LogP contribution in [-0.4, -0.2) is 24.6 Å². The number of halogens is 2. The van der Waals surface area contributed by atoms with Gasteiger partial charge in [0.05, 0.1) is 17.0 Å². The van der Waals surface area contributed by atoms with Gasteiger partial charge in [0.2, 0.25) is 5.91 Å². The summed E-state index contributed by atoms with van der Waals surface area (Å²) >= 11 is 11.9. The molecule has 0 bridgehead atoms. The Morgan fingerprint density at radius 2 is 1.96 bits per heavy atom. The van der Waals surface area contributed by atoms with E-state index in [2.05, 4.69) is 10.3 Å². The Kier molecular flexibility index (Phi) is 4.40. The number of rotatable bonds is 3. The van der Waals surface area contributed by atoms with Gasteiger partial charge in [-0.2, -0.15) is 0 Å². The second-order valence-corrected chi connectivity index (χ2v) is 6.28. The van der Waals surface area contributed by atoms with E-state index in [1.54, 1.807) is 13.1 Å². The number of carbonyl (C=O) groups is 1. The molecule has 0 aliphatic heterocycles. The summed E-state index contributed by atoms with van der Waals surface area (Å²) < 4.78 is 3.56. The second kappa shape index (κ2) is 6.38. The first-order chi connectivity index (χ1) is 11.8.